The average molecular weight is 297 g/mol. The maximum Gasteiger partial charge on any atom is 0.319 e. The Kier molecular flexibility index (Phi) is 5.45. The largest absolute Gasteiger partial charge is 0.391 e. The van der Waals surface area contributed by atoms with Gasteiger partial charge in [0.05, 0.1) is 18.1 Å². The molecule has 0 aromatic heterocycles. The van der Waals surface area contributed by atoms with E-state index in [1.54, 1.807) is 23.9 Å². The number of likely N-dealkylation sites (tertiary alicyclic amines) is 1. The first-order valence-corrected chi connectivity index (χ1v) is 7.93. The third kappa shape index (κ3) is 4.09. The van der Waals surface area contributed by atoms with Gasteiger partial charge >= 0.3 is 6.03 Å². The van der Waals surface area contributed by atoms with Crippen molar-refractivity contribution in [2.24, 2.45) is 5.92 Å². The molecule has 21 heavy (non-hydrogen) atoms. The summed E-state index contributed by atoms with van der Waals surface area (Å²) in [5.74, 6) is -0.172. The van der Waals surface area contributed by atoms with Crippen LogP contribution in [0.4, 0.5) is 4.79 Å². The molecule has 1 heterocycles. The van der Waals surface area contributed by atoms with Gasteiger partial charge in [-0.25, -0.2) is 4.79 Å². The number of carbonyl (C=O) groups is 2. The van der Waals surface area contributed by atoms with Gasteiger partial charge in [-0.15, -0.1) is 0 Å². The van der Waals surface area contributed by atoms with E-state index in [1.165, 1.54) is 0 Å². The second kappa shape index (κ2) is 7.11. The lowest BCUT2D eigenvalue weighted by Crippen LogP contribution is -2.52. The van der Waals surface area contributed by atoms with Crippen molar-refractivity contribution in [3.63, 3.8) is 0 Å². The van der Waals surface area contributed by atoms with E-state index in [9.17, 15) is 14.7 Å². The Bertz CT molecular complexity index is 386. The fourth-order valence-electron chi connectivity index (χ4n) is 3.23. The number of rotatable bonds is 2. The number of hydrogen-bond acceptors (Lipinski definition) is 3. The first-order valence-electron chi connectivity index (χ1n) is 7.93. The number of amides is 3. The predicted molar refractivity (Wildman–Crippen MR) is 79.8 cm³/mol. The summed E-state index contributed by atoms with van der Waals surface area (Å²) in [4.78, 5) is 27.7. The van der Waals surface area contributed by atoms with Crippen LogP contribution >= 0.6 is 0 Å². The van der Waals surface area contributed by atoms with Gasteiger partial charge in [0.2, 0.25) is 5.91 Å². The smallest absolute Gasteiger partial charge is 0.319 e. The lowest BCUT2D eigenvalue weighted by atomic mass is 9.91. The Morgan fingerprint density at radius 1 is 1.14 bits per heavy atom. The molecule has 1 saturated carbocycles. The zero-order chi connectivity index (χ0) is 15.4. The average Bonchev–Trinajstić information content (AvgIpc) is 2.48. The van der Waals surface area contributed by atoms with Crippen LogP contribution in [0.15, 0.2) is 0 Å². The zero-order valence-corrected chi connectivity index (χ0v) is 13.0. The summed E-state index contributed by atoms with van der Waals surface area (Å²) in [6, 6.07) is -0.156. The molecule has 120 valence electrons. The number of carbonyl (C=O) groups excluding carboxylic acids is 2. The van der Waals surface area contributed by atoms with Crippen LogP contribution in [-0.4, -0.2) is 66.2 Å². The highest BCUT2D eigenvalue weighted by Gasteiger charge is 2.32. The molecule has 1 aliphatic carbocycles. The summed E-state index contributed by atoms with van der Waals surface area (Å²) in [6.45, 7) is 1.19. The maximum absolute atomic E-state index is 12.4. The van der Waals surface area contributed by atoms with E-state index < -0.39 is 6.10 Å². The van der Waals surface area contributed by atoms with Crippen molar-refractivity contribution in [3.8, 4) is 0 Å². The van der Waals surface area contributed by atoms with Crippen LogP contribution in [0.1, 0.15) is 38.5 Å². The maximum atomic E-state index is 12.4. The van der Waals surface area contributed by atoms with E-state index in [1.807, 2.05) is 0 Å². The molecule has 2 rings (SSSR count). The topological polar surface area (TPSA) is 72.9 Å². The van der Waals surface area contributed by atoms with Crippen molar-refractivity contribution in [3.05, 3.63) is 0 Å². The Hall–Kier alpha value is -1.30. The third-order valence-corrected chi connectivity index (χ3v) is 4.50. The number of urea groups is 1. The minimum atomic E-state index is -0.425. The van der Waals surface area contributed by atoms with Gasteiger partial charge < -0.3 is 20.2 Å². The molecule has 0 bridgehead atoms. The standard InChI is InChI=1S/C15H27N3O3/c1-17(2)15(21)18-9-5-6-11(10-18)14(20)16-12-7-3-4-8-13(12)19/h11-13,19H,3-10H2,1-2H3,(H,16,20)/t11?,12-,13-/m1/s1. The van der Waals surface area contributed by atoms with Crippen LogP contribution in [0.5, 0.6) is 0 Å². The molecule has 3 atom stereocenters. The minimum Gasteiger partial charge on any atom is -0.391 e. The van der Waals surface area contributed by atoms with Gasteiger partial charge in [0, 0.05) is 27.2 Å². The van der Waals surface area contributed by atoms with Crippen LogP contribution in [0.25, 0.3) is 0 Å². The van der Waals surface area contributed by atoms with E-state index in [0.29, 0.717) is 13.1 Å². The fourth-order valence-corrected chi connectivity index (χ4v) is 3.23. The summed E-state index contributed by atoms with van der Waals surface area (Å²) >= 11 is 0. The van der Waals surface area contributed by atoms with Crippen molar-refractivity contribution in [1.82, 2.24) is 15.1 Å². The molecule has 2 N–H and O–H groups in total. The van der Waals surface area contributed by atoms with Gasteiger partial charge in [-0.05, 0) is 25.7 Å². The molecule has 0 spiro atoms. The molecule has 1 saturated heterocycles. The van der Waals surface area contributed by atoms with E-state index in [0.717, 1.165) is 38.5 Å². The van der Waals surface area contributed by atoms with Gasteiger partial charge in [-0.1, -0.05) is 12.8 Å². The molecule has 0 aromatic carbocycles. The van der Waals surface area contributed by atoms with E-state index in [-0.39, 0.29) is 23.9 Å². The van der Waals surface area contributed by atoms with Crippen LogP contribution < -0.4 is 5.32 Å². The van der Waals surface area contributed by atoms with Crippen molar-refractivity contribution < 1.29 is 14.7 Å². The predicted octanol–water partition coefficient (Wildman–Crippen LogP) is 0.800. The Morgan fingerprint density at radius 3 is 2.52 bits per heavy atom. The van der Waals surface area contributed by atoms with Crippen molar-refractivity contribution in [1.29, 1.82) is 0 Å². The Balaban J connectivity index is 1.88. The second-order valence-corrected chi connectivity index (χ2v) is 6.43. The number of nitrogens with one attached hydrogen (secondary N) is 1. The SMILES string of the molecule is CN(C)C(=O)N1CCCC(C(=O)N[C@@H]2CCCC[C@H]2O)C1. The summed E-state index contributed by atoms with van der Waals surface area (Å²) in [5.41, 5.74) is 0. The molecular weight excluding hydrogens is 270 g/mol. The van der Waals surface area contributed by atoms with Crippen molar-refractivity contribution in [2.45, 2.75) is 50.7 Å². The van der Waals surface area contributed by atoms with Gasteiger partial charge in [0.1, 0.15) is 0 Å². The number of hydrogen-bond donors (Lipinski definition) is 2. The zero-order valence-electron chi connectivity index (χ0n) is 13.0. The summed E-state index contributed by atoms with van der Waals surface area (Å²) in [7, 11) is 3.45. The quantitative estimate of drug-likeness (QED) is 0.792. The second-order valence-electron chi connectivity index (χ2n) is 6.43. The first kappa shape index (κ1) is 16.1. The van der Waals surface area contributed by atoms with Crippen LogP contribution in [-0.2, 0) is 4.79 Å². The van der Waals surface area contributed by atoms with Crippen molar-refractivity contribution in [2.75, 3.05) is 27.2 Å². The molecule has 2 aliphatic rings. The summed E-state index contributed by atoms with van der Waals surface area (Å²) in [5, 5.41) is 12.9. The molecule has 0 radical (unpaired) electrons. The van der Waals surface area contributed by atoms with Crippen LogP contribution in [0, 0.1) is 5.92 Å². The molecule has 0 aromatic rings. The minimum absolute atomic E-state index is 0.0165. The molecule has 6 nitrogen and oxygen atoms in total. The lowest BCUT2D eigenvalue weighted by Gasteiger charge is -2.35. The Morgan fingerprint density at radius 2 is 1.86 bits per heavy atom. The molecule has 1 aliphatic heterocycles. The van der Waals surface area contributed by atoms with Crippen molar-refractivity contribution >= 4 is 11.9 Å². The first-order chi connectivity index (χ1) is 9.99. The van der Waals surface area contributed by atoms with Crippen LogP contribution in [0.2, 0.25) is 0 Å². The molecular formula is C15H27N3O3. The number of piperidine rings is 1. The lowest BCUT2D eigenvalue weighted by molar-refractivity contribution is -0.128. The third-order valence-electron chi connectivity index (χ3n) is 4.50. The van der Waals surface area contributed by atoms with E-state index in [2.05, 4.69) is 5.32 Å². The number of aliphatic hydroxyl groups excluding tert-OH is 1. The van der Waals surface area contributed by atoms with Gasteiger partial charge in [-0.3, -0.25) is 4.79 Å². The van der Waals surface area contributed by atoms with Gasteiger partial charge in [0.25, 0.3) is 0 Å². The summed E-state index contributed by atoms with van der Waals surface area (Å²) < 4.78 is 0. The Labute approximate surface area is 126 Å². The molecule has 3 amide bonds. The van der Waals surface area contributed by atoms with Gasteiger partial charge in [0.15, 0.2) is 0 Å². The monoisotopic (exact) mass is 297 g/mol. The molecule has 1 unspecified atom stereocenters. The van der Waals surface area contributed by atoms with Gasteiger partial charge in [-0.2, -0.15) is 0 Å². The van der Waals surface area contributed by atoms with Crippen LogP contribution in [0.3, 0.4) is 0 Å². The normalized spacial score (nSPS) is 29.9. The summed E-state index contributed by atoms with van der Waals surface area (Å²) in [6.07, 6.45) is 4.93. The molecule has 6 heteroatoms. The van der Waals surface area contributed by atoms with E-state index >= 15 is 0 Å². The highest BCUT2D eigenvalue weighted by molar-refractivity contribution is 5.81. The number of aliphatic hydroxyl groups is 1. The highest BCUT2D eigenvalue weighted by atomic mass is 16.3. The van der Waals surface area contributed by atoms with E-state index in [4.69, 9.17) is 0 Å². The molecule has 2 fully saturated rings. The fraction of sp³-hybridized carbons (Fsp3) is 0.867. The highest BCUT2D eigenvalue weighted by Crippen LogP contribution is 2.21. The number of nitrogens with zero attached hydrogens (tertiary/aromatic N) is 2.